The van der Waals surface area contributed by atoms with Crippen molar-refractivity contribution in [1.29, 1.82) is 0 Å². The topological polar surface area (TPSA) is 80.1 Å². The highest BCUT2D eigenvalue weighted by atomic mass is 16.2. The minimum absolute atomic E-state index is 0.0971. The molecule has 1 saturated heterocycles. The summed E-state index contributed by atoms with van der Waals surface area (Å²) in [5.74, 6) is 0.0198. The van der Waals surface area contributed by atoms with Gasteiger partial charge < -0.3 is 14.8 Å². The van der Waals surface area contributed by atoms with Crippen molar-refractivity contribution in [3.05, 3.63) is 54.5 Å². The molecule has 30 heavy (non-hydrogen) atoms. The van der Waals surface area contributed by atoms with Crippen molar-refractivity contribution >= 4 is 28.7 Å². The first kappa shape index (κ1) is 18.8. The van der Waals surface area contributed by atoms with E-state index in [1.165, 1.54) is 12.8 Å². The molecular formula is C23H25N5O2. The Morgan fingerprint density at radius 1 is 1.13 bits per heavy atom. The molecule has 154 valence electrons. The zero-order valence-corrected chi connectivity index (χ0v) is 16.8. The predicted octanol–water partition coefficient (Wildman–Crippen LogP) is 3.33. The average molecular weight is 403 g/mol. The van der Waals surface area contributed by atoms with E-state index in [-0.39, 0.29) is 17.7 Å². The van der Waals surface area contributed by atoms with Crippen LogP contribution in [0.1, 0.15) is 48.5 Å². The maximum atomic E-state index is 12.7. The standard InChI is InChI=1S/C23H25N5O2/c29-21-10-16(14-27(21)18-6-2-1-3-7-18)12-25-23(30)17-11-20-22(24-13-17)28(15-26-20)19-8-4-5-9-19/h1-3,6-7,11,13,15-16,19H,4-5,8-10,12,14H2,(H,25,30). The first-order valence-electron chi connectivity index (χ1n) is 10.7. The van der Waals surface area contributed by atoms with Gasteiger partial charge in [-0.25, -0.2) is 9.97 Å². The van der Waals surface area contributed by atoms with Crippen LogP contribution >= 0.6 is 0 Å². The molecule has 0 bridgehead atoms. The highest BCUT2D eigenvalue weighted by Gasteiger charge is 2.30. The maximum Gasteiger partial charge on any atom is 0.252 e. The van der Waals surface area contributed by atoms with Gasteiger partial charge in [-0.3, -0.25) is 9.59 Å². The average Bonchev–Trinajstić information content (AvgIpc) is 3.51. The second kappa shape index (κ2) is 7.89. The van der Waals surface area contributed by atoms with Crippen LogP contribution < -0.4 is 10.2 Å². The molecule has 7 nitrogen and oxygen atoms in total. The number of carbonyl (C=O) groups is 2. The van der Waals surface area contributed by atoms with Crippen LogP contribution in [0.15, 0.2) is 48.9 Å². The number of imidazole rings is 1. The van der Waals surface area contributed by atoms with Crippen LogP contribution in [0.2, 0.25) is 0 Å². The number of para-hydroxylation sites is 1. The largest absolute Gasteiger partial charge is 0.352 e. The molecule has 5 rings (SSSR count). The number of nitrogens with zero attached hydrogens (tertiary/aromatic N) is 4. The molecule has 2 amide bonds. The molecule has 1 N–H and O–H groups in total. The molecule has 3 aromatic rings. The van der Waals surface area contributed by atoms with Crippen molar-refractivity contribution in [2.75, 3.05) is 18.0 Å². The van der Waals surface area contributed by atoms with Crippen LogP contribution in [-0.2, 0) is 4.79 Å². The molecule has 1 aliphatic carbocycles. The predicted molar refractivity (Wildman–Crippen MR) is 114 cm³/mol. The molecule has 1 unspecified atom stereocenters. The number of benzene rings is 1. The van der Waals surface area contributed by atoms with Gasteiger partial charge in [0.15, 0.2) is 5.65 Å². The normalized spacial score (nSPS) is 19.7. The fraction of sp³-hybridized carbons (Fsp3) is 0.391. The van der Waals surface area contributed by atoms with Crippen molar-refractivity contribution in [3.63, 3.8) is 0 Å². The number of carbonyl (C=O) groups excluding carboxylic acids is 2. The Bertz CT molecular complexity index is 1070. The molecule has 1 aromatic carbocycles. The first-order valence-corrected chi connectivity index (χ1v) is 10.7. The van der Waals surface area contributed by atoms with Gasteiger partial charge in [-0.2, -0.15) is 0 Å². The molecule has 7 heteroatoms. The van der Waals surface area contributed by atoms with E-state index < -0.39 is 0 Å². The van der Waals surface area contributed by atoms with E-state index in [4.69, 9.17) is 0 Å². The van der Waals surface area contributed by atoms with Crippen molar-refractivity contribution in [1.82, 2.24) is 19.9 Å². The van der Waals surface area contributed by atoms with Gasteiger partial charge >= 0.3 is 0 Å². The van der Waals surface area contributed by atoms with E-state index >= 15 is 0 Å². The number of pyridine rings is 1. The van der Waals surface area contributed by atoms with E-state index in [9.17, 15) is 9.59 Å². The van der Waals surface area contributed by atoms with Crippen LogP contribution in [0.5, 0.6) is 0 Å². The first-order chi connectivity index (χ1) is 14.7. The minimum atomic E-state index is -0.176. The van der Waals surface area contributed by atoms with Gasteiger partial charge in [0.1, 0.15) is 5.52 Å². The fourth-order valence-electron chi connectivity index (χ4n) is 4.61. The summed E-state index contributed by atoms with van der Waals surface area (Å²) >= 11 is 0. The van der Waals surface area contributed by atoms with Crippen LogP contribution in [0.25, 0.3) is 11.2 Å². The van der Waals surface area contributed by atoms with Gasteiger partial charge in [0.25, 0.3) is 5.91 Å². The summed E-state index contributed by atoms with van der Waals surface area (Å²) in [5, 5.41) is 2.97. The van der Waals surface area contributed by atoms with Crippen molar-refractivity contribution < 1.29 is 9.59 Å². The number of hydrogen-bond donors (Lipinski definition) is 1. The second-order valence-corrected chi connectivity index (χ2v) is 8.28. The van der Waals surface area contributed by atoms with Crippen molar-refractivity contribution in [2.24, 2.45) is 5.92 Å². The molecule has 1 atom stereocenters. The number of fused-ring (bicyclic) bond motifs is 1. The number of aromatic nitrogens is 3. The molecule has 2 fully saturated rings. The van der Waals surface area contributed by atoms with Crippen LogP contribution in [0.3, 0.4) is 0 Å². The molecule has 1 aliphatic heterocycles. The monoisotopic (exact) mass is 403 g/mol. The lowest BCUT2D eigenvalue weighted by atomic mass is 10.1. The zero-order chi connectivity index (χ0) is 20.5. The molecule has 2 aromatic heterocycles. The van der Waals surface area contributed by atoms with Gasteiger partial charge in [-0.1, -0.05) is 31.0 Å². The van der Waals surface area contributed by atoms with E-state index in [1.807, 2.05) is 36.7 Å². The minimum Gasteiger partial charge on any atom is -0.352 e. The smallest absolute Gasteiger partial charge is 0.252 e. The van der Waals surface area contributed by atoms with E-state index in [0.29, 0.717) is 31.1 Å². The van der Waals surface area contributed by atoms with Crippen molar-refractivity contribution in [2.45, 2.75) is 38.1 Å². The summed E-state index contributed by atoms with van der Waals surface area (Å²) in [6, 6.07) is 11.9. The molecule has 0 radical (unpaired) electrons. The van der Waals surface area contributed by atoms with Gasteiger partial charge in [-0.05, 0) is 31.0 Å². The molecule has 3 heterocycles. The van der Waals surface area contributed by atoms with Gasteiger partial charge in [0.05, 0.1) is 11.9 Å². The van der Waals surface area contributed by atoms with Gasteiger partial charge in [-0.15, -0.1) is 0 Å². The summed E-state index contributed by atoms with van der Waals surface area (Å²) in [7, 11) is 0. The van der Waals surface area contributed by atoms with Gasteiger partial charge in [0, 0.05) is 43.4 Å². The third kappa shape index (κ3) is 3.56. The second-order valence-electron chi connectivity index (χ2n) is 8.28. The molecular weight excluding hydrogens is 378 g/mol. The fourth-order valence-corrected chi connectivity index (χ4v) is 4.61. The van der Waals surface area contributed by atoms with Crippen LogP contribution in [0, 0.1) is 5.92 Å². The lowest BCUT2D eigenvalue weighted by Crippen LogP contribution is -2.31. The number of nitrogens with one attached hydrogen (secondary N) is 1. The summed E-state index contributed by atoms with van der Waals surface area (Å²) < 4.78 is 2.15. The zero-order valence-electron chi connectivity index (χ0n) is 16.8. The SMILES string of the molecule is O=C(NCC1CC(=O)N(c2ccccc2)C1)c1cnc2c(c1)ncn2C1CCCC1. The Kier molecular flexibility index (Phi) is 4.94. The molecule has 1 saturated carbocycles. The van der Waals surface area contributed by atoms with Crippen molar-refractivity contribution in [3.8, 4) is 0 Å². The highest BCUT2D eigenvalue weighted by Crippen LogP contribution is 2.31. The summed E-state index contributed by atoms with van der Waals surface area (Å²) in [4.78, 5) is 35.8. The molecule has 2 aliphatic rings. The summed E-state index contributed by atoms with van der Waals surface area (Å²) in [6.45, 7) is 1.08. The lowest BCUT2D eigenvalue weighted by Gasteiger charge is -2.16. The Morgan fingerprint density at radius 2 is 1.93 bits per heavy atom. The molecule has 0 spiro atoms. The lowest BCUT2D eigenvalue weighted by molar-refractivity contribution is -0.117. The Hall–Kier alpha value is -3.22. The Balaban J connectivity index is 1.22. The summed E-state index contributed by atoms with van der Waals surface area (Å²) in [5.41, 5.74) is 3.01. The number of rotatable bonds is 5. The number of anilines is 1. The summed E-state index contributed by atoms with van der Waals surface area (Å²) in [6.07, 6.45) is 8.73. The highest BCUT2D eigenvalue weighted by molar-refractivity contribution is 5.97. The maximum absolute atomic E-state index is 12.7. The van der Waals surface area contributed by atoms with E-state index in [2.05, 4.69) is 19.9 Å². The number of amides is 2. The number of hydrogen-bond acceptors (Lipinski definition) is 4. The van der Waals surface area contributed by atoms with E-state index in [0.717, 1.165) is 29.7 Å². The third-order valence-electron chi connectivity index (χ3n) is 6.22. The van der Waals surface area contributed by atoms with Crippen LogP contribution in [-0.4, -0.2) is 39.4 Å². The Labute approximate surface area is 175 Å². The Morgan fingerprint density at radius 3 is 2.73 bits per heavy atom. The van der Waals surface area contributed by atoms with E-state index in [1.54, 1.807) is 17.2 Å². The quantitative estimate of drug-likeness (QED) is 0.709. The van der Waals surface area contributed by atoms with Crippen LogP contribution in [0.4, 0.5) is 5.69 Å². The van der Waals surface area contributed by atoms with Gasteiger partial charge in [0.2, 0.25) is 5.91 Å². The third-order valence-corrected chi connectivity index (χ3v) is 6.22.